The van der Waals surface area contributed by atoms with Crippen LogP contribution in [0.2, 0.25) is 0 Å². The molecule has 0 unspecified atom stereocenters. The first-order chi connectivity index (χ1) is 8.97. The maximum absolute atomic E-state index is 10.6. The molecular weight excluding hydrogens is 240 g/mol. The number of aliphatic carboxylic acids is 1. The molecule has 1 heterocycles. The molecular formula is C15H18N2O2. The fourth-order valence-corrected chi connectivity index (χ4v) is 2.46. The minimum Gasteiger partial charge on any atom is -0.481 e. The largest absolute Gasteiger partial charge is 0.481 e. The molecule has 0 aliphatic carbocycles. The molecule has 0 atom stereocenters. The lowest BCUT2D eigenvalue weighted by Gasteiger charge is -2.09. The van der Waals surface area contributed by atoms with Crippen molar-refractivity contribution in [3.05, 3.63) is 41.2 Å². The van der Waals surface area contributed by atoms with Crippen molar-refractivity contribution < 1.29 is 9.90 Å². The summed E-state index contributed by atoms with van der Waals surface area (Å²) in [5, 5.41) is 12.9. The molecule has 100 valence electrons. The maximum atomic E-state index is 10.6. The summed E-state index contributed by atoms with van der Waals surface area (Å²) in [6, 6.07) is 4.30. The van der Waals surface area contributed by atoms with Crippen LogP contribution < -0.4 is 0 Å². The highest BCUT2D eigenvalue weighted by molar-refractivity contribution is 5.70. The van der Waals surface area contributed by atoms with Crippen molar-refractivity contribution in [2.75, 3.05) is 0 Å². The standard InChI is InChI=1S/C15H18N2O2/c1-10-6-11(2)15(12(3)7-10)13-8-16-17(9-13)5-4-14(18)19/h6-9H,4-5H2,1-3H3,(H,18,19). The van der Waals surface area contributed by atoms with E-state index in [-0.39, 0.29) is 6.42 Å². The minimum atomic E-state index is -0.806. The van der Waals surface area contributed by atoms with Crippen LogP contribution >= 0.6 is 0 Å². The lowest BCUT2D eigenvalue weighted by Crippen LogP contribution is -2.04. The van der Waals surface area contributed by atoms with E-state index in [4.69, 9.17) is 5.11 Å². The predicted octanol–water partition coefficient (Wildman–Crippen LogP) is 2.95. The van der Waals surface area contributed by atoms with Crippen molar-refractivity contribution in [1.82, 2.24) is 9.78 Å². The van der Waals surface area contributed by atoms with Crippen LogP contribution in [0.15, 0.2) is 24.5 Å². The van der Waals surface area contributed by atoms with Gasteiger partial charge in [-0.05, 0) is 37.5 Å². The zero-order valence-electron chi connectivity index (χ0n) is 11.5. The third kappa shape index (κ3) is 3.02. The molecule has 0 amide bonds. The molecule has 0 radical (unpaired) electrons. The molecule has 1 aromatic carbocycles. The Kier molecular flexibility index (Phi) is 3.69. The molecule has 19 heavy (non-hydrogen) atoms. The Bertz CT molecular complexity index is 591. The van der Waals surface area contributed by atoms with Gasteiger partial charge >= 0.3 is 5.97 Å². The second-order valence-corrected chi connectivity index (χ2v) is 4.91. The normalized spacial score (nSPS) is 10.7. The summed E-state index contributed by atoms with van der Waals surface area (Å²) in [6.07, 6.45) is 3.80. The molecule has 4 nitrogen and oxygen atoms in total. The zero-order chi connectivity index (χ0) is 14.0. The van der Waals surface area contributed by atoms with Gasteiger partial charge in [-0.1, -0.05) is 17.7 Å². The summed E-state index contributed by atoms with van der Waals surface area (Å²) in [7, 11) is 0. The van der Waals surface area contributed by atoms with Crippen LogP contribution in [0, 0.1) is 20.8 Å². The first-order valence-electron chi connectivity index (χ1n) is 6.30. The fraction of sp³-hybridized carbons (Fsp3) is 0.333. The van der Waals surface area contributed by atoms with E-state index in [2.05, 4.69) is 38.0 Å². The van der Waals surface area contributed by atoms with Crippen molar-refractivity contribution >= 4 is 5.97 Å². The van der Waals surface area contributed by atoms with Gasteiger partial charge in [-0.2, -0.15) is 5.10 Å². The topological polar surface area (TPSA) is 55.1 Å². The summed E-state index contributed by atoms with van der Waals surface area (Å²) in [4.78, 5) is 10.6. The Morgan fingerprint density at radius 2 is 1.89 bits per heavy atom. The number of hydrogen-bond acceptors (Lipinski definition) is 2. The van der Waals surface area contributed by atoms with Crippen molar-refractivity contribution in [3.8, 4) is 11.1 Å². The Morgan fingerprint density at radius 3 is 2.47 bits per heavy atom. The Hall–Kier alpha value is -2.10. The first-order valence-corrected chi connectivity index (χ1v) is 6.30. The number of hydrogen-bond donors (Lipinski definition) is 1. The van der Waals surface area contributed by atoms with Crippen LogP contribution in [0.4, 0.5) is 0 Å². The third-order valence-corrected chi connectivity index (χ3v) is 3.15. The van der Waals surface area contributed by atoms with E-state index >= 15 is 0 Å². The zero-order valence-corrected chi connectivity index (χ0v) is 11.5. The average molecular weight is 258 g/mol. The monoisotopic (exact) mass is 258 g/mol. The Labute approximate surface area is 112 Å². The minimum absolute atomic E-state index is 0.0903. The molecule has 0 bridgehead atoms. The molecule has 0 fully saturated rings. The van der Waals surface area contributed by atoms with E-state index in [1.54, 1.807) is 10.9 Å². The highest BCUT2D eigenvalue weighted by Crippen LogP contribution is 2.27. The number of nitrogens with zero attached hydrogens (tertiary/aromatic N) is 2. The van der Waals surface area contributed by atoms with E-state index in [0.29, 0.717) is 6.54 Å². The molecule has 0 saturated heterocycles. The van der Waals surface area contributed by atoms with Crippen molar-refractivity contribution in [1.29, 1.82) is 0 Å². The van der Waals surface area contributed by atoms with Crippen molar-refractivity contribution in [2.24, 2.45) is 0 Å². The second-order valence-electron chi connectivity index (χ2n) is 4.91. The summed E-state index contributed by atoms with van der Waals surface area (Å²) in [5.74, 6) is -0.806. The smallest absolute Gasteiger partial charge is 0.305 e. The van der Waals surface area contributed by atoms with Crippen molar-refractivity contribution in [3.63, 3.8) is 0 Å². The first kappa shape index (κ1) is 13.3. The van der Waals surface area contributed by atoms with Gasteiger partial charge in [-0.15, -0.1) is 0 Å². The molecule has 4 heteroatoms. The highest BCUT2D eigenvalue weighted by Gasteiger charge is 2.09. The van der Waals surface area contributed by atoms with E-state index in [1.165, 1.54) is 22.3 Å². The second kappa shape index (κ2) is 5.26. The van der Waals surface area contributed by atoms with Gasteiger partial charge < -0.3 is 5.11 Å². The average Bonchev–Trinajstić information content (AvgIpc) is 2.73. The number of aromatic nitrogens is 2. The van der Waals surface area contributed by atoms with Gasteiger partial charge in [0.1, 0.15) is 0 Å². The lowest BCUT2D eigenvalue weighted by atomic mass is 9.96. The predicted molar refractivity (Wildman–Crippen MR) is 74.1 cm³/mol. The van der Waals surface area contributed by atoms with Crippen LogP contribution in [-0.4, -0.2) is 20.9 Å². The number of carboxylic acids is 1. The van der Waals surface area contributed by atoms with Gasteiger partial charge in [0.25, 0.3) is 0 Å². The summed E-state index contributed by atoms with van der Waals surface area (Å²) in [6.45, 7) is 6.66. The number of carbonyl (C=O) groups is 1. The van der Waals surface area contributed by atoms with Crippen LogP contribution in [0.25, 0.3) is 11.1 Å². The van der Waals surface area contributed by atoms with Crippen LogP contribution in [-0.2, 0) is 11.3 Å². The molecule has 1 aromatic heterocycles. The van der Waals surface area contributed by atoms with Crippen LogP contribution in [0.3, 0.4) is 0 Å². The van der Waals surface area contributed by atoms with Crippen LogP contribution in [0.1, 0.15) is 23.1 Å². The molecule has 2 aromatic rings. The summed E-state index contributed by atoms with van der Waals surface area (Å²) < 4.78 is 1.68. The highest BCUT2D eigenvalue weighted by atomic mass is 16.4. The number of rotatable bonds is 4. The van der Waals surface area contributed by atoms with Gasteiger partial charge in [0.05, 0.1) is 19.2 Å². The number of aryl methyl sites for hydroxylation is 4. The third-order valence-electron chi connectivity index (χ3n) is 3.15. The molecule has 0 spiro atoms. The van der Waals surface area contributed by atoms with E-state index < -0.39 is 5.97 Å². The van der Waals surface area contributed by atoms with Gasteiger partial charge in [-0.3, -0.25) is 9.48 Å². The van der Waals surface area contributed by atoms with E-state index in [9.17, 15) is 4.79 Å². The van der Waals surface area contributed by atoms with E-state index in [1.807, 2.05) is 6.20 Å². The lowest BCUT2D eigenvalue weighted by molar-refractivity contribution is -0.137. The Morgan fingerprint density at radius 1 is 1.26 bits per heavy atom. The summed E-state index contributed by atoms with van der Waals surface area (Å²) >= 11 is 0. The molecule has 0 saturated carbocycles. The molecule has 1 N–H and O–H groups in total. The maximum Gasteiger partial charge on any atom is 0.305 e. The van der Waals surface area contributed by atoms with Crippen LogP contribution in [0.5, 0.6) is 0 Å². The van der Waals surface area contributed by atoms with Crippen molar-refractivity contribution in [2.45, 2.75) is 33.7 Å². The molecule has 0 aliphatic heterocycles. The van der Waals surface area contributed by atoms with E-state index in [0.717, 1.165) is 5.56 Å². The number of carboxylic acid groups (broad SMARTS) is 1. The van der Waals surface area contributed by atoms with Gasteiger partial charge in [-0.25, -0.2) is 0 Å². The SMILES string of the molecule is Cc1cc(C)c(-c2cnn(CCC(=O)O)c2)c(C)c1. The molecule has 0 aliphatic rings. The Balaban J connectivity index is 2.30. The van der Waals surface area contributed by atoms with Gasteiger partial charge in [0.15, 0.2) is 0 Å². The summed E-state index contributed by atoms with van der Waals surface area (Å²) in [5.41, 5.74) is 5.91. The fourth-order valence-electron chi connectivity index (χ4n) is 2.46. The quantitative estimate of drug-likeness (QED) is 0.917. The van der Waals surface area contributed by atoms with Gasteiger partial charge in [0.2, 0.25) is 0 Å². The number of benzene rings is 1. The molecule has 2 rings (SSSR count). The van der Waals surface area contributed by atoms with Gasteiger partial charge in [0, 0.05) is 11.8 Å².